The van der Waals surface area contributed by atoms with Gasteiger partial charge in [-0.25, -0.2) is 18.7 Å². The van der Waals surface area contributed by atoms with Crippen LogP contribution in [0.4, 0.5) is 4.39 Å². The summed E-state index contributed by atoms with van der Waals surface area (Å²) in [5.74, 6) is -0.476. The summed E-state index contributed by atoms with van der Waals surface area (Å²) < 4.78 is 16.9. The molecule has 1 amide bonds. The number of aromatic nitrogens is 5. The highest BCUT2D eigenvalue weighted by Gasteiger charge is 2.25. The summed E-state index contributed by atoms with van der Waals surface area (Å²) >= 11 is 0. The minimum absolute atomic E-state index is 0.185. The molecule has 1 aliphatic carbocycles. The van der Waals surface area contributed by atoms with E-state index in [2.05, 4.69) is 20.5 Å². The number of rotatable bonds is 6. The molecule has 1 aliphatic rings. The molecular formula is C24H23FN6O. The van der Waals surface area contributed by atoms with Crippen LogP contribution in [0.15, 0.2) is 61.2 Å². The van der Waals surface area contributed by atoms with Gasteiger partial charge in [0.15, 0.2) is 5.69 Å². The molecule has 7 nitrogen and oxygen atoms in total. The monoisotopic (exact) mass is 430 g/mol. The van der Waals surface area contributed by atoms with Crippen molar-refractivity contribution >= 4 is 5.91 Å². The van der Waals surface area contributed by atoms with Gasteiger partial charge in [-0.1, -0.05) is 24.3 Å². The maximum atomic E-state index is 13.4. The minimum Gasteiger partial charge on any atom is -0.347 e. The molecule has 0 atom stereocenters. The van der Waals surface area contributed by atoms with Crippen LogP contribution in [0, 0.1) is 5.82 Å². The smallest absolute Gasteiger partial charge is 0.272 e. The molecule has 0 fully saturated rings. The molecule has 2 heterocycles. The highest BCUT2D eigenvalue weighted by Crippen LogP contribution is 2.27. The zero-order valence-corrected chi connectivity index (χ0v) is 17.5. The molecule has 8 heteroatoms. The second kappa shape index (κ2) is 8.74. The standard InChI is InChI=1S/C24H23FN6O/c25-19-9-11-20(12-10-19)31-22-4-2-1-3-21(22)23(29-31)24(32)27-13-17-5-7-18(8-6-17)14-30-16-26-15-28-30/h5-12,15-16H,1-4,13-14H2,(H,27,32). The fourth-order valence-electron chi connectivity index (χ4n) is 4.11. The number of benzene rings is 2. The van der Waals surface area contributed by atoms with Crippen molar-refractivity contribution in [1.29, 1.82) is 0 Å². The first-order valence-electron chi connectivity index (χ1n) is 10.7. The van der Waals surface area contributed by atoms with E-state index in [0.717, 1.165) is 53.8 Å². The van der Waals surface area contributed by atoms with Crippen molar-refractivity contribution in [3.63, 3.8) is 0 Å². The fourth-order valence-corrected chi connectivity index (χ4v) is 4.11. The van der Waals surface area contributed by atoms with Gasteiger partial charge in [0.05, 0.1) is 12.2 Å². The quantitative estimate of drug-likeness (QED) is 0.508. The number of halogens is 1. The van der Waals surface area contributed by atoms with Crippen molar-refractivity contribution in [1.82, 2.24) is 29.9 Å². The second-order valence-corrected chi connectivity index (χ2v) is 7.96. The average molecular weight is 430 g/mol. The van der Waals surface area contributed by atoms with E-state index in [0.29, 0.717) is 18.8 Å². The largest absolute Gasteiger partial charge is 0.347 e. The predicted molar refractivity (Wildman–Crippen MR) is 117 cm³/mol. The van der Waals surface area contributed by atoms with Gasteiger partial charge in [0, 0.05) is 17.8 Å². The van der Waals surface area contributed by atoms with E-state index < -0.39 is 0 Å². The van der Waals surface area contributed by atoms with Crippen LogP contribution in [-0.2, 0) is 25.9 Å². The van der Waals surface area contributed by atoms with Gasteiger partial charge in [-0.05, 0) is 61.1 Å². The topological polar surface area (TPSA) is 77.6 Å². The van der Waals surface area contributed by atoms with Crippen LogP contribution in [0.5, 0.6) is 0 Å². The lowest BCUT2D eigenvalue weighted by Gasteiger charge is -2.14. The summed E-state index contributed by atoms with van der Waals surface area (Å²) in [5.41, 5.74) is 5.40. The Morgan fingerprint density at radius 1 is 1.00 bits per heavy atom. The van der Waals surface area contributed by atoms with Gasteiger partial charge < -0.3 is 5.32 Å². The maximum Gasteiger partial charge on any atom is 0.272 e. The van der Waals surface area contributed by atoms with E-state index in [1.54, 1.807) is 27.8 Å². The van der Waals surface area contributed by atoms with E-state index in [1.165, 1.54) is 18.5 Å². The van der Waals surface area contributed by atoms with Gasteiger partial charge in [-0.15, -0.1) is 0 Å². The van der Waals surface area contributed by atoms with E-state index in [-0.39, 0.29) is 11.7 Å². The van der Waals surface area contributed by atoms with Gasteiger partial charge >= 0.3 is 0 Å². The molecule has 0 aliphatic heterocycles. The molecule has 2 aromatic carbocycles. The van der Waals surface area contributed by atoms with Crippen molar-refractivity contribution < 1.29 is 9.18 Å². The number of carbonyl (C=O) groups excluding carboxylic acids is 1. The molecule has 162 valence electrons. The lowest BCUT2D eigenvalue weighted by molar-refractivity contribution is 0.0944. The summed E-state index contributed by atoms with van der Waals surface area (Å²) in [5, 5.41) is 11.7. The number of fused-ring (bicyclic) bond motifs is 1. The van der Waals surface area contributed by atoms with Crippen LogP contribution >= 0.6 is 0 Å². The minimum atomic E-state index is -0.292. The highest BCUT2D eigenvalue weighted by atomic mass is 19.1. The first-order valence-corrected chi connectivity index (χ1v) is 10.7. The van der Waals surface area contributed by atoms with E-state index in [4.69, 9.17) is 0 Å². The Kier molecular flexibility index (Phi) is 5.49. The molecule has 4 aromatic rings. The average Bonchev–Trinajstić information content (AvgIpc) is 3.47. The van der Waals surface area contributed by atoms with Gasteiger partial charge in [0.25, 0.3) is 5.91 Å². The number of nitrogens with zero attached hydrogens (tertiary/aromatic N) is 5. The number of hydrogen-bond donors (Lipinski definition) is 1. The number of amides is 1. The van der Waals surface area contributed by atoms with E-state index in [1.807, 2.05) is 24.3 Å². The number of carbonyl (C=O) groups is 1. The highest BCUT2D eigenvalue weighted by molar-refractivity contribution is 5.94. The van der Waals surface area contributed by atoms with Crippen LogP contribution in [0.25, 0.3) is 5.69 Å². The van der Waals surface area contributed by atoms with E-state index >= 15 is 0 Å². The van der Waals surface area contributed by atoms with Crippen molar-refractivity contribution in [2.45, 2.75) is 38.8 Å². The fraction of sp³-hybridized carbons (Fsp3) is 0.250. The Balaban J connectivity index is 1.30. The molecule has 0 radical (unpaired) electrons. The van der Waals surface area contributed by atoms with Crippen LogP contribution in [0.2, 0.25) is 0 Å². The summed E-state index contributed by atoms with van der Waals surface area (Å²) in [6.07, 6.45) is 6.98. The van der Waals surface area contributed by atoms with Crippen LogP contribution in [0.3, 0.4) is 0 Å². The maximum absolute atomic E-state index is 13.4. The Hall–Kier alpha value is -3.81. The number of nitrogens with one attached hydrogen (secondary N) is 1. The zero-order valence-electron chi connectivity index (χ0n) is 17.5. The first-order chi connectivity index (χ1) is 15.7. The summed E-state index contributed by atoms with van der Waals surface area (Å²) in [4.78, 5) is 17.0. The third kappa shape index (κ3) is 4.16. The Morgan fingerprint density at radius 2 is 1.75 bits per heavy atom. The molecule has 0 saturated heterocycles. The first kappa shape index (κ1) is 20.1. The summed E-state index contributed by atoms with van der Waals surface area (Å²) in [7, 11) is 0. The summed E-state index contributed by atoms with van der Waals surface area (Å²) in [6.45, 7) is 1.07. The van der Waals surface area contributed by atoms with Crippen molar-refractivity contribution in [2.75, 3.05) is 0 Å². The van der Waals surface area contributed by atoms with Crippen molar-refractivity contribution in [2.24, 2.45) is 0 Å². The molecule has 0 bridgehead atoms. The predicted octanol–water partition coefficient (Wildman–Crippen LogP) is 3.46. The zero-order chi connectivity index (χ0) is 21.9. The third-order valence-electron chi connectivity index (χ3n) is 5.75. The molecule has 32 heavy (non-hydrogen) atoms. The third-order valence-corrected chi connectivity index (χ3v) is 5.75. The molecule has 0 saturated carbocycles. The molecule has 5 rings (SSSR count). The Labute approximate surface area is 184 Å². The van der Waals surface area contributed by atoms with Crippen LogP contribution in [0.1, 0.15) is 45.7 Å². The summed E-state index contributed by atoms with van der Waals surface area (Å²) in [6, 6.07) is 14.3. The number of hydrogen-bond acceptors (Lipinski definition) is 4. The molecule has 0 unspecified atom stereocenters. The SMILES string of the molecule is O=C(NCc1ccc(Cn2cncn2)cc1)c1nn(-c2ccc(F)cc2)c2c1CCCC2. The molecule has 1 N–H and O–H groups in total. The molecular weight excluding hydrogens is 407 g/mol. The van der Waals surface area contributed by atoms with Crippen molar-refractivity contribution in [3.05, 3.63) is 95.1 Å². The Morgan fingerprint density at radius 3 is 2.50 bits per heavy atom. The van der Waals surface area contributed by atoms with E-state index in [9.17, 15) is 9.18 Å². The normalized spacial score (nSPS) is 13.0. The Bertz CT molecular complexity index is 1210. The van der Waals surface area contributed by atoms with Gasteiger partial charge in [0.1, 0.15) is 18.5 Å². The van der Waals surface area contributed by atoms with Gasteiger partial charge in [0.2, 0.25) is 0 Å². The van der Waals surface area contributed by atoms with Crippen molar-refractivity contribution in [3.8, 4) is 5.69 Å². The molecule has 2 aromatic heterocycles. The lowest BCUT2D eigenvalue weighted by atomic mass is 9.95. The second-order valence-electron chi connectivity index (χ2n) is 7.96. The van der Waals surface area contributed by atoms with Gasteiger partial charge in [-0.2, -0.15) is 10.2 Å². The lowest BCUT2D eigenvalue weighted by Crippen LogP contribution is -2.24. The van der Waals surface area contributed by atoms with Gasteiger partial charge in [-0.3, -0.25) is 4.79 Å². The van der Waals surface area contributed by atoms with Crippen LogP contribution in [-0.4, -0.2) is 30.5 Å². The van der Waals surface area contributed by atoms with Crippen LogP contribution < -0.4 is 5.32 Å². The molecule has 0 spiro atoms.